The van der Waals surface area contributed by atoms with Gasteiger partial charge in [0.1, 0.15) is 5.82 Å². The Labute approximate surface area is 118 Å². The van der Waals surface area contributed by atoms with Gasteiger partial charge in [0.25, 0.3) is 5.56 Å². The topological polar surface area (TPSA) is 34.9 Å². The van der Waals surface area contributed by atoms with Crippen molar-refractivity contribution in [1.29, 1.82) is 0 Å². The lowest BCUT2D eigenvalue weighted by Gasteiger charge is -2.10. The summed E-state index contributed by atoms with van der Waals surface area (Å²) in [5.41, 5.74) is 1.51. The molecule has 3 aromatic rings. The molecule has 0 amide bonds. The molecule has 0 unspecified atom stereocenters. The van der Waals surface area contributed by atoms with Crippen molar-refractivity contribution < 1.29 is 0 Å². The van der Waals surface area contributed by atoms with E-state index >= 15 is 0 Å². The molecule has 3 rings (SSSR count). The summed E-state index contributed by atoms with van der Waals surface area (Å²) in [6.45, 7) is 1.84. The minimum Gasteiger partial charge on any atom is -0.268 e. The smallest absolute Gasteiger partial charge is 0.265 e. The Kier molecular flexibility index (Phi) is 2.95. The molecule has 0 aliphatic rings. The van der Waals surface area contributed by atoms with Gasteiger partial charge in [0.15, 0.2) is 0 Å². The molecule has 0 saturated carbocycles. The van der Waals surface area contributed by atoms with Gasteiger partial charge in [0.05, 0.1) is 16.6 Å². The van der Waals surface area contributed by atoms with Crippen molar-refractivity contribution in [2.24, 2.45) is 0 Å². The zero-order valence-corrected chi connectivity index (χ0v) is 11.9. The van der Waals surface area contributed by atoms with E-state index in [9.17, 15) is 4.79 Å². The van der Waals surface area contributed by atoms with Gasteiger partial charge in [-0.1, -0.05) is 34.1 Å². The standard InChI is InChI=1S/C15H11BrN2O/c1-10-17-14-8-3-2-7-13(14)15(19)18(10)12-6-4-5-11(16)9-12/h2-9H,1H3. The molecule has 0 aliphatic carbocycles. The maximum Gasteiger partial charge on any atom is 0.265 e. The summed E-state index contributed by atoms with van der Waals surface area (Å²) in [6.07, 6.45) is 0. The predicted molar refractivity (Wildman–Crippen MR) is 79.8 cm³/mol. The molecule has 1 heterocycles. The third-order valence-electron chi connectivity index (χ3n) is 3.01. The highest BCUT2D eigenvalue weighted by molar-refractivity contribution is 9.10. The summed E-state index contributed by atoms with van der Waals surface area (Å²) >= 11 is 3.42. The van der Waals surface area contributed by atoms with Crippen LogP contribution in [0.1, 0.15) is 5.82 Å². The number of aryl methyl sites for hydroxylation is 1. The summed E-state index contributed by atoms with van der Waals surface area (Å²) in [4.78, 5) is 17.1. The molecule has 0 aliphatic heterocycles. The highest BCUT2D eigenvalue weighted by Crippen LogP contribution is 2.16. The Morgan fingerprint density at radius 3 is 2.68 bits per heavy atom. The molecule has 0 bridgehead atoms. The third kappa shape index (κ3) is 2.08. The lowest BCUT2D eigenvalue weighted by Crippen LogP contribution is -2.22. The number of para-hydroxylation sites is 1. The molecule has 4 heteroatoms. The minimum absolute atomic E-state index is 0.0406. The Hall–Kier alpha value is -1.94. The molecule has 0 saturated heterocycles. The van der Waals surface area contributed by atoms with E-state index in [-0.39, 0.29) is 5.56 Å². The number of aromatic nitrogens is 2. The van der Waals surface area contributed by atoms with Crippen LogP contribution in [0.15, 0.2) is 57.8 Å². The molecule has 1 aromatic heterocycles. The van der Waals surface area contributed by atoms with Crippen molar-refractivity contribution in [3.63, 3.8) is 0 Å². The second kappa shape index (κ2) is 4.63. The van der Waals surface area contributed by atoms with E-state index < -0.39 is 0 Å². The van der Waals surface area contributed by atoms with Crippen LogP contribution in [-0.2, 0) is 0 Å². The lowest BCUT2D eigenvalue weighted by molar-refractivity contribution is 0.894. The van der Waals surface area contributed by atoms with Gasteiger partial charge in [-0.05, 0) is 37.3 Å². The van der Waals surface area contributed by atoms with Crippen LogP contribution < -0.4 is 5.56 Å². The van der Waals surface area contributed by atoms with Gasteiger partial charge in [0, 0.05) is 4.47 Å². The van der Waals surface area contributed by atoms with Gasteiger partial charge in [-0.3, -0.25) is 9.36 Å². The summed E-state index contributed by atoms with van der Waals surface area (Å²) in [5, 5.41) is 0.632. The number of halogens is 1. The molecular weight excluding hydrogens is 304 g/mol. The maximum absolute atomic E-state index is 12.6. The molecule has 3 nitrogen and oxygen atoms in total. The summed E-state index contributed by atoms with van der Waals surface area (Å²) in [6, 6.07) is 15.0. The average molecular weight is 315 g/mol. The fourth-order valence-corrected chi connectivity index (χ4v) is 2.55. The van der Waals surface area contributed by atoms with Gasteiger partial charge < -0.3 is 0 Å². The van der Waals surface area contributed by atoms with Crippen LogP contribution >= 0.6 is 15.9 Å². The van der Waals surface area contributed by atoms with E-state index in [1.54, 1.807) is 10.6 Å². The van der Waals surface area contributed by atoms with Crippen molar-refractivity contribution >= 4 is 26.8 Å². The van der Waals surface area contributed by atoms with E-state index in [1.807, 2.05) is 49.4 Å². The first-order valence-corrected chi connectivity index (χ1v) is 6.70. The molecule has 0 N–H and O–H groups in total. The molecule has 2 aromatic carbocycles. The summed E-state index contributed by atoms with van der Waals surface area (Å²) in [5.74, 6) is 0.682. The van der Waals surface area contributed by atoms with Crippen LogP contribution in [0.4, 0.5) is 0 Å². The molecule has 19 heavy (non-hydrogen) atoms. The summed E-state index contributed by atoms with van der Waals surface area (Å²) < 4.78 is 2.57. The monoisotopic (exact) mass is 314 g/mol. The van der Waals surface area contributed by atoms with Gasteiger partial charge >= 0.3 is 0 Å². The first-order chi connectivity index (χ1) is 9.16. The van der Waals surface area contributed by atoms with Crippen LogP contribution in [0.3, 0.4) is 0 Å². The Bertz CT molecular complexity index is 824. The fraction of sp³-hybridized carbons (Fsp3) is 0.0667. The first-order valence-electron chi connectivity index (χ1n) is 5.91. The number of rotatable bonds is 1. The van der Waals surface area contributed by atoms with E-state index in [1.165, 1.54) is 0 Å². The van der Waals surface area contributed by atoms with Crippen LogP contribution in [0.2, 0.25) is 0 Å². The Balaban J connectivity index is 2.39. The Morgan fingerprint density at radius 1 is 1.11 bits per heavy atom. The van der Waals surface area contributed by atoms with E-state index in [0.29, 0.717) is 11.2 Å². The largest absolute Gasteiger partial charge is 0.268 e. The zero-order valence-electron chi connectivity index (χ0n) is 10.3. The number of nitrogens with zero attached hydrogens (tertiary/aromatic N) is 2. The normalized spacial score (nSPS) is 10.8. The maximum atomic E-state index is 12.6. The van der Waals surface area contributed by atoms with Crippen molar-refractivity contribution in [3.8, 4) is 5.69 Å². The highest BCUT2D eigenvalue weighted by Gasteiger charge is 2.09. The van der Waals surface area contributed by atoms with Gasteiger partial charge in [-0.15, -0.1) is 0 Å². The van der Waals surface area contributed by atoms with Crippen molar-refractivity contribution in [2.45, 2.75) is 6.92 Å². The lowest BCUT2D eigenvalue weighted by atomic mass is 10.2. The molecule has 0 fully saturated rings. The molecule has 0 spiro atoms. The number of hydrogen-bond acceptors (Lipinski definition) is 2. The molecule has 94 valence electrons. The predicted octanol–water partition coefficient (Wildman–Crippen LogP) is 3.46. The zero-order chi connectivity index (χ0) is 13.4. The van der Waals surface area contributed by atoms with Gasteiger partial charge in [0.2, 0.25) is 0 Å². The van der Waals surface area contributed by atoms with E-state index in [0.717, 1.165) is 15.7 Å². The minimum atomic E-state index is -0.0406. The van der Waals surface area contributed by atoms with E-state index in [2.05, 4.69) is 20.9 Å². The number of benzene rings is 2. The SMILES string of the molecule is Cc1nc2ccccc2c(=O)n1-c1cccc(Br)c1. The van der Waals surface area contributed by atoms with Crippen molar-refractivity contribution in [3.05, 3.63) is 69.2 Å². The average Bonchev–Trinajstić information content (AvgIpc) is 2.39. The van der Waals surface area contributed by atoms with Gasteiger partial charge in [-0.2, -0.15) is 0 Å². The van der Waals surface area contributed by atoms with Crippen LogP contribution in [0.5, 0.6) is 0 Å². The number of fused-ring (bicyclic) bond motifs is 1. The van der Waals surface area contributed by atoms with Crippen molar-refractivity contribution in [1.82, 2.24) is 9.55 Å². The molecule has 0 radical (unpaired) electrons. The van der Waals surface area contributed by atoms with Crippen LogP contribution in [0.25, 0.3) is 16.6 Å². The highest BCUT2D eigenvalue weighted by atomic mass is 79.9. The van der Waals surface area contributed by atoms with E-state index in [4.69, 9.17) is 0 Å². The van der Waals surface area contributed by atoms with Gasteiger partial charge in [-0.25, -0.2) is 4.98 Å². The third-order valence-corrected chi connectivity index (χ3v) is 3.50. The fourth-order valence-electron chi connectivity index (χ4n) is 2.16. The van der Waals surface area contributed by atoms with Crippen LogP contribution in [0, 0.1) is 6.92 Å². The van der Waals surface area contributed by atoms with Crippen molar-refractivity contribution in [2.75, 3.05) is 0 Å². The second-order valence-electron chi connectivity index (χ2n) is 4.30. The number of hydrogen-bond donors (Lipinski definition) is 0. The summed E-state index contributed by atoms with van der Waals surface area (Å²) in [7, 11) is 0. The quantitative estimate of drug-likeness (QED) is 0.689. The second-order valence-corrected chi connectivity index (χ2v) is 5.21. The van der Waals surface area contributed by atoms with Crippen LogP contribution in [-0.4, -0.2) is 9.55 Å². The first kappa shape index (κ1) is 12.1. The molecular formula is C15H11BrN2O. The Morgan fingerprint density at radius 2 is 1.89 bits per heavy atom. The molecule has 0 atom stereocenters.